The Morgan fingerprint density at radius 1 is 1.42 bits per heavy atom. The number of carbonyl (C=O) groups is 1. The van der Waals surface area contributed by atoms with Gasteiger partial charge in [0, 0.05) is 12.6 Å². The van der Waals surface area contributed by atoms with E-state index in [1.54, 1.807) is 25.1 Å². The van der Waals surface area contributed by atoms with Crippen molar-refractivity contribution in [3.8, 4) is 5.75 Å². The lowest BCUT2D eigenvalue weighted by Crippen LogP contribution is -2.40. The smallest absolute Gasteiger partial charge is 0.243 e. The third kappa shape index (κ3) is 5.34. The van der Waals surface area contributed by atoms with E-state index in [2.05, 4.69) is 10.5 Å². The van der Waals surface area contributed by atoms with Crippen LogP contribution in [0.5, 0.6) is 5.75 Å². The van der Waals surface area contributed by atoms with Crippen LogP contribution >= 0.6 is 0 Å². The Labute approximate surface area is 140 Å². The molecule has 2 aromatic rings. The average molecular weight is 335 g/mol. The molecular weight excluding hydrogens is 313 g/mol. The first kappa shape index (κ1) is 17.9. The SMILES string of the molecule is Cc1cc(NC(=O)[C@H](C)N(C)CCCOc2ccc(F)cc2)on1. The lowest BCUT2D eigenvalue weighted by atomic mass is 10.2. The van der Waals surface area contributed by atoms with Gasteiger partial charge in [-0.15, -0.1) is 0 Å². The quantitative estimate of drug-likeness (QED) is 0.751. The van der Waals surface area contributed by atoms with E-state index in [4.69, 9.17) is 9.26 Å². The molecule has 1 amide bonds. The van der Waals surface area contributed by atoms with E-state index in [1.165, 1.54) is 12.1 Å². The molecule has 1 aromatic heterocycles. The topological polar surface area (TPSA) is 67.6 Å². The zero-order valence-electron chi connectivity index (χ0n) is 14.1. The number of nitrogens with zero attached hydrogens (tertiary/aromatic N) is 2. The van der Waals surface area contributed by atoms with Crippen LogP contribution < -0.4 is 10.1 Å². The summed E-state index contributed by atoms with van der Waals surface area (Å²) >= 11 is 0. The van der Waals surface area contributed by atoms with Crippen molar-refractivity contribution in [3.63, 3.8) is 0 Å². The molecule has 0 bridgehead atoms. The lowest BCUT2D eigenvalue weighted by molar-refractivity contribution is -0.120. The lowest BCUT2D eigenvalue weighted by Gasteiger charge is -2.23. The number of hydrogen-bond donors (Lipinski definition) is 1. The van der Waals surface area contributed by atoms with E-state index in [1.807, 2.05) is 18.9 Å². The molecule has 0 fully saturated rings. The highest BCUT2D eigenvalue weighted by Crippen LogP contribution is 2.12. The van der Waals surface area contributed by atoms with E-state index in [9.17, 15) is 9.18 Å². The van der Waals surface area contributed by atoms with Crippen LogP contribution in [-0.2, 0) is 4.79 Å². The molecule has 0 aliphatic heterocycles. The summed E-state index contributed by atoms with van der Waals surface area (Å²) in [5.41, 5.74) is 0.712. The number of carbonyl (C=O) groups excluding carboxylic acids is 1. The Kier molecular flexibility index (Phi) is 6.31. The summed E-state index contributed by atoms with van der Waals surface area (Å²) in [4.78, 5) is 14.1. The maximum absolute atomic E-state index is 12.8. The van der Waals surface area contributed by atoms with Crippen molar-refractivity contribution in [2.45, 2.75) is 26.3 Å². The van der Waals surface area contributed by atoms with Gasteiger partial charge in [0.25, 0.3) is 0 Å². The van der Waals surface area contributed by atoms with E-state index in [0.717, 1.165) is 6.42 Å². The molecule has 2 rings (SSSR count). The van der Waals surface area contributed by atoms with Crippen molar-refractivity contribution >= 4 is 11.8 Å². The van der Waals surface area contributed by atoms with E-state index >= 15 is 0 Å². The first-order valence-corrected chi connectivity index (χ1v) is 7.78. The number of hydrogen-bond acceptors (Lipinski definition) is 5. The molecule has 130 valence electrons. The molecule has 1 aromatic carbocycles. The number of benzene rings is 1. The molecule has 0 radical (unpaired) electrons. The maximum atomic E-state index is 12.8. The maximum Gasteiger partial charge on any atom is 0.243 e. The molecule has 1 heterocycles. The third-order valence-electron chi connectivity index (χ3n) is 3.65. The summed E-state index contributed by atoms with van der Waals surface area (Å²) < 4.78 is 23.3. The van der Waals surface area contributed by atoms with Gasteiger partial charge >= 0.3 is 0 Å². The van der Waals surface area contributed by atoms with Crippen molar-refractivity contribution in [1.82, 2.24) is 10.1 Å². The second kappa shape index (κ2) is 8.44. The molecular formula is C17H22FN3O3. The monoisotopic (exact) mass is 335 g/mol. The number of ether oxygens (including phenoxy) is 1. The minimum absolute atomic E-state index is 0.159. The minimum atomic E-state index is -0.318. The van der Waals surface area contributed by atoms with Gasteiger partial charge in [0.15, 0.2) is 0 Å². The van der Waals surface area contributed by atoms with Crippen molar-refractivity contribution in [2.24, 2.45) is 0 Å². The van der Waals surface area contributed by atoms with Gasteiger partial charge in [0.2, 0.25) is 11.8 Å². The molecule has 6 nitrogen and oxygen atoms in total. The Morgan fingerprint density at radius 2 is 2.12 bits per heavy atom. The largest absolute Gasteiger partial charge is 0.494 e. The summed E-state index contributed by atoms with van der Waals surface area (Å²) in [7, 11) is 1.87. The highest BCUT2D eigenvalue weighted by molar-refractivity contribution is 5.93. The van der Waals surface area contributed by atoms with Crippen molar-refractivity contribution in [3.05, 3.63) is 41.8 Å². The van der Waals surface area contributed by atoms with Gasteiger partial charge in [-0.1, -0.05) is 5.16 Å². The van der Waals surface area contributed by atoms with Crippen LogP contribution in [0.1, 0.15) is 19.0 Å². The van der Waals surface area contributed by atoms with Crippen LogP contribution in [0.25, 0.3) is 0 Å². The summed E-state index contributed by atoms with van der Waals surface area (Å²) in [5.74, 6) is 0.528. The normalized spacial score (nSPS) is 12.2. The zero-order valence-corrected chi connectivity index (χ0v) is 14.1. The van der Waals surface area contributed by atoms with E-state index < -0.39 is 0 Å². The molecule has 1 N–H and O–H groups in total. The number of anilines is 1. The zero-order chi connectivity index (χ0) is 17.5. The summed E-state index contributed by atoms with van der Waals surface area (Å²) in [6, 6.07) is 7.25. The van der Waals surface area contributed by atoms with Gasteiger partial charge < -0.3 is 9.26 Å². The summed E-state index contributed by atoms with van der Waals surface area (Å²) in [6.07, 6.45) is 0.743. The number of aromatic nitrogens is 1. The molecule has 0 unspecified atom stereocenters. The first-order valence-electron chi connectivity index (χ1n) is 7.78. The molecule has 1 atom stereocenters. The van der Waals surface area contributed by atoms with Crippen LogP contribution in [0.4, 0.5) is 10.3 Å². The Balaban J connectivity index is 1.69. The van der Waals surface area contributed by atoms with Gasteiger partial charge in [0.1, 0.15) is 11.6 Å². The third-order valence-corrected chi connectivity index (χ3v) is 3.65. The van der Waals surface area contributed by atoms with Crippen molar-refractivity contribution in [1.29, 1.82) is 0 Å². The van der Waals surface area contributed by atoms with Crippen LogP contribution in [0.3, 0.4) is 0 Å². The Morgan fingerprint density at radius 3 is 2.75 bits per heavy atom. The predicted molar refractivity (Wildman–Crippen MR) is 88.5 cm³/mol. The molecule has 0 spiro atoms. The number of nitrogens with one attached hydrogen (secondary N) is 1. The highest BCUT2D eigenvalue weighted by atomic mass is 19.1. The first-order chi connectivity index (χ1) is 11.5. The number of likely N-dealkylation sites (N-methyl/N-ethyl adjacent to an activating group) is 1. The van der Waals surface area contributed by atoms with Gasteiger partial charge in [-0.3, -0.25) is 15.0 Å². The summed E-state index contributed by atoms with van der Waals surface area (Å²) in [5, 5.41) is 6.41. The van der Waals surface area contributed by atoms with Crippen molar-refractivity contribution < 1.29 is 18.4 Å². The van der Waals surface area contributed by atoms with Gasteiger partial charge in [-0.2, -0.15) is 0 Å². The van der Waals surface area contributed by atoms with Crippen LogP contribution in [0.2, 0.25) is 0 Å². The molecule has 24 heavy (non-hydrogen) atoms. The Hall–Kier alpha value is -2.41. The van der Waals surface area contributed by atoms with E-state index in [0.29, 0.717) is 30.5 Å². The van der Waals surface area contributed by atoms with Crippen molar-refractivity contribution in [2.75, 3.05) is 25.5 Å². The number of amides is 1. The number of halogens is 1. The highest BCUT2D eigenvalue weighted by Gasteiger charge is 2.19. The standard InChI is InChI=1S/C17H22FN3O3/c1-12-11-16(24-20-12)19-17(22)13(2)21(3)9-4-10-23-15-7-5-14(18)6-8-15/h5-8,11,13H,4,9-10H2,1-3H3,(H,19,22)/t13-/m0/s1. The second-order valence-corrected chi connectivity index (χ2v) is 5.63. The molecule has 0 aliphatic rings. The fourth-order valence-corrected chi connectivity index (χ4v) is 2.08. The van der Waals surface area contributed by atoms with Crippen LogP contribution in [0.15, 0.2) is 34.9 Å². The fraction of sp³-hybridized carbons (Fsp3) is 0.412. The Bertz CT molecular complexity index is 657. The molecule has 0 saturated carbocycles. The minimum Gasteiger partial charge on any atom is -0.494 e. The van der Waals surface area contributed by atoms with Gasteiger partial charge in [-0.25, -0.2) is 4.39 Å². The average Bonchev–Trinajstić information content (AvgIpc) is 2.97. The predicted octanol–water partition coefficient (Wildman–Crippen LogP) is 2.85. The molecule has 0 aliphatic carbocycles. The van der Waals surface area contributed by atoms with Gasteiger partial charge in [-0.05, 0) is 51.6 Å². The number of rotatable bonds is 8. The second-order valence-electron chi connectivity index (χ2n) is 5.63. The van der Waals surface area contributed by atoms with Crippen LogP contribution in [0, 0.1) is 12.7 Å². The van der Waals surface area contributed by atoms with Gasteiger partial charge in [0.05, 0.1) is 18.3 Å². The van der Waals surface area contributed by atoms with Crippen LogP contribution in [-0.4, -0.2) is 42.2 Å². The summed E-state index contributed by atoms with van der Waals surface area (Å²) in [6.45, 7) is 4.78. The molecule has 7 heteroatoms. The van der Waals surface area contributed by atoms with E-state index in [-0.39, 0.29) is 17.8 Å². The molecule has 0 saturated heterocycles. The fourth-order valence-electron chi connectivity index (χ4n) is 2.08. The number of aryl methyl sites for hydroxylation is 1.